The molecule has 1 heterocycles. The van der Waals surface area contributed by atoms with E-state index in [0.717, 1.165) is 18.4 Å². The summed E-state index contributed by atoms with van der Waals surface area (Å²) in [5, 5.41) is 1.77. The van der Waals surface area contributed by atoms with Crippen molar-refractivity contribution in [1.29, 1.82) is 0 Å². The number of fused-ring (bicyclic) bond motifs is 1. The molecule has 0 spiro atoms. The Labute approximate surface area is 111 Å². The second-order valence-corrected chi connectivity index (χ2v) is 7.23. The van der Waals surface area contributed by atoms with E-state index in [0.29, 0.717) is 4.21 Å². The van der Waals surface area contributed by atoms with Gasteiger partial charge in [-0.2, -0.15) is 0 Å². The molecule has 1 aromatic heterocycles. The molecule has 0 saturated heterocycles. The molecule has 1 atom stereocenters. The number of benzene rings is 1. The van der Waals surface area contributed by atoms with Crippen molar-refractivity contribution in [3.63, 3.8) is 0 Å². The van der Waals surface area contributed by atoms with E-state index < -0.39 is 10.0 Å². The molecule has 1 aliphatic carbocycles. The Morgan fingerprint density at radius 1 is 1.17 bits per heavy atom. The van der Waals surface area contributed by atoms with Gasteiger partial charge in [0.05, 0.1) is 0 Å². The van der Waals surface area contributed by atoms with Crippen LogP contribution in [0.5, 0.6) is 0 Å². The van der Waals surface area contributed by atoms with Gasteiger partial charge in [-0.15, -0.1) is 11.3 Å². The maximum Gasteiger partial charge on any atom is 0.250 e. The summed E-state index contributed by atoms with van der Waals surface area (Å²) in [5.41, 5.74) is 2.36. The zero-order valence-corrected chi connectivity index (χ0v) is 11.3. The van der Waals surface area contributed by atoms with Crippen molar-refractivity contribution in [2.45, 2.75) is 23.1 Å². The van der Waals surface area contributed by atoms with Gasteiger partial charge in [0.2, 0.25) is 0 Å². The van der Waals surface area contributed by atoms with Crippen LogP contribution >= 0.6 is 11.3 Å². The van der Waals surface area contributed by atoms with E-state index in [4.69, 9.17) is 0 Å². The molecular formula is C13H13NO2S2. The highest BCUT2D eigenvalue weighted by Gasteiger charge is 2.27. The SMILES string of the molecule is O=S(=O)(N[C@@H]1CCc2ccccc21)c1cccs1. The molecule has 94 valence electrons. The zero-order chi connectivity index (χ0) is 12.6. The molecule has 1 aromatic carbocycles. The molecule has 3 rings (SSSR count). The van der Waals surface area contributed by atoms with Gasteiger partial charge in [-0.25, -0.2) is 13.1 Å². The predicted octanol–water partition coefficient (Wildman–Crippen LogP) is 2.71. The van der Waals surface area contributed by atoms with E-state index in [9.17, 15) is 8.42 Å². The van der Waals surface area contributed by atoms with Crippen LogP contribution in [-0.4, -0.2) is 8.42 Å². The standard InChI is InChI=1S/C13H13NO2S2/c15-18(16,13-6-3-9-17-13)14-12-8-7-10-4-1-2-5-11(10)12/h1-6,9,12,14H,7-8H2/t12-/m1/s1. The van der Waals surface area contributed by atoms with Crippen LogP contribution < -0.4 is 4.72 Å². The Balaban J connectivity index is 1.88. The fourth-order valence-electron chi connectivity index (χ4n) is 2.34. The summed E-state index contributed by atoms with van der Waals surface area (Å²) in [5.74, 6) is 0. The Kier molecular flexibility index (Phi) is 2.97. The molecule has 0 amide bonds. The van der Waals surface area contributed by atoms with Gasteiger partial charge in [0.15, 0.2) is 0 Å². The monoisotopic (exact) mass is 279 g/mol. The third-order valence-electron chi connectivity index (χ3n) is 3.19. The Bertz CT molecular complexity index is 647. The molecule has 0 fully saturated rings. The molecular weight excluding hydrogens is 266 g/mol. The van der Waals surface area contributed by atoms with Crippen molar-refractivity contribution in [2.75, 3.05) is 0 Å². The maximum absolute atomic E-state index is 12.2. The average molecular weight is 279 g/mol. The Morgan fingerprint density at radius 3 is 2.78 bits per heavy atom. The summed E-state index contributed by atoms with van der Waals surface area (Å²) in [6.45, 7) is 0. The normalized spacial score (nSPS) is 18.8. The van der Waals surface area contributed by atoms with Gasteiger partial charge >= 0.3 is 0 Å². The van der Waals surface area contributed by atoms with Crippen LogP contribution in [0.2, 0.25) is 0 Å². The van der Waals surface area contributed by atoms with E-state index in [-0.39, 0.29) is 6.04 Å². The third kappa shape index (κ3) is 2.09. The van der Waals surface area contributed by atoms with Crippen LogP contribution in [0, 0.1) is 0 Å². The lowest BCUT2D eigenvalue weighted by Gasteiger charge is -2.13. The van der Waals surface area contributed by atoms with Crippen molar-refractivity contribution in [3.8, 4) is 0 Å². The van der Waals surface area contributed by atoms with Gasteiger partial charge in [-0.3, -0.25) is 0 Å². The first-order chi connectivity index (χ1) is 8.67. The number of hydrogen-bond donors (Lipinski definition) is 1. The molecule has 18 heavy (non-hydrogen) atoms. The molecule has 5 heteroatoms. The quantitative estimate of drug-likeness (QED) is 0.939. The van der Waals surface area contributed by atoms with Crippen molar-refractivity contribution in [1.82, 2.24) is 4.72 Å². The summed E-state index contributed by atoms with van der Waals surface area (Å²) in [7, 11) is -3.37. The van der Waals surface area contributed by atoms with Crippen LogP contribution in [-0.2, 0) is 16.4 Å². The van der Waals surface area contributed by atoms with Gasteiger partial charge in [0.1, 0.15) is 4.21 Å². The molecule has 0 radical (unpaired) electrons. The first kappa shape index (κ1) is 11.9. The maximum atomic E-state index is 12.2. The minimum Gasteiger partial charge on any atom is -0.206 e. The Hall–Kier alpha value is -1.17. The topological polar surface area (TPSA) is 46.2 Å². The second-order valence-electron chi connectivity index (χ2n) is 4.34. The fraction of sp³-hybridized carbons (Fsp3) is 0.231. The summed E-state index contributed by atoms with van der Waals surface area (Å²) >= 11 is 1.24. The van der Waals surface area contributed by atoms with Crippen molar-refractivity contribution < 1.29 is 8.42 Å². The number of hydrogen-bond acceptors (Lipinski definition) is 3. The second kappa shape index (κ2) is 4.50. The van der Waals surface area contributed by atoms with Crippen LogP contribution in [0.25, 0.3) is 0 Å². The lowest BCUT2D eigenvalue weighted by molar-refractivity contribution is 0.556. The number of sulfonamides is 1. The van der Waals surface area contributed by atoms with Crippen molar-refractivity contribution >= 4 is 21.4 Å². The first-order valence-corrected chi connectivity index (χ1v) is 8.17. The smallest absolute Gasteiger partial charge is 0.206 e. The van der Waals surface area contributed by atoms with Gasteiger partial charge in [0.25, 0.3) is 10.0 Å². The predicted molar refractivity (Wildman–Crippen MR) is 72.1 cm³/mol. The summed E-state index contributed by atoms with van der Waals surface area (Å²) in [6.07, 6.45) is 1.78. The summed E-state index contributed by atoms with van der Waals surface area (Å²) < 4.78 is 27.5. The highest BCUT2D eigenvalue weighted by molar-refractivity contribution is 7.91. The first-order valence-electron chi connectivity index (χ1n) is 5.80. The lowest BCUT2D eigenvalue weighted by Crippen LogP contribution is -2.26. The van der Waals surface area contributed by atoms with Gasteiger partial charge in [-0.05, 0) is 35.4 Å². The average Bonchev–Trinajstić information content (AvgIpc) is 2.99. The van der Waals surface area contributed by atoms with Gasteiger partial charge < -0.3 is 0 Å². The minimum atomic E-state index is -3.37. The zero-order valence-electron chi connectivity index (χ0n) is 9.67. The summed E-state index contributed by atoms with van der Waals surface area (Å²) in [6, 6.07) is 11.3. The molecule has 0 aliphatic heterocycles. The molecule has 0 unspecified atom stereocenters. The number of rotatable bonds is 3. The number of nitrogens with one attached hydrogen (secondary N) is 1. The Morgan fingerprint density at radius 2 is 2.00 bits per heavy atom. The highest BCUT2D eigenvalue weighted by Crippen LogP contribution is 2.32. The molecule has 0 saturated carbocycles. The van der Waals surface area contributed by atoms with Gasteiger partial charge in [0, 0.05) is 6.04 Å². The minimum absolute atomic E-state index is 0.0895. The molecule has 0 bridgehead atoms. The van der Waals surface area contributed by atoms with Crippen LogP contribution in [0.3, 0.4) is 0 Å². The molecule has 2 aromatic rings. The van der Waals surface area contributed by atoms with E-state index in [1.165, 1.54) is 16.9 Å². The van der Waals surface area contributed by atoms with Crippen LogP contribution in [0.4, 0.5) is 0 Å². The van der Waals surface area contributed by atoms with E-state index in [1.807, 2.05) is 18.2 Å². The largest absolute Gasteiger partial charge is 0.250 e. The van der Waals surface area contributed by atoms with E-state index >= 15 is 0 Å². The molecule has 1 aliphatic rings. The van der Waals surface area contributed by atoms with Crippen LogP contribution in [0.15, 0.2) is 46.0 Å². The van der Waals surface area contributed by atoms with E-state index in [1.54, 1.807) is 17.5 Å². The van der Waals surface area contributed by atoms with Crippen LogP contribution in [0.1, 0.15) is 23.6 Å². The highest BCUT2D eigenvalue weighted by atomic mass is 32.2. The third-order valence-corrected chi connectivity index (χ3v) is 6.06. The summed E-state index contributed by atoms with van der Waals surface area (Å²) in [4.78, 5) is 0. The van der Waals surface area contributed by atoms with Crippen molar-refractivity contribution in [3.05, 3.63) is 52.9 Å². The van der Waals surface area contributed by atoms with Gasteiger partial charge in [-0.1, -0.05) is 30.3 Å². The van der Waals surface area contributed by atoms with E-state index in [2.05, 4.69) is 10.8 Å². The lowest BCUT2D eigenvalue weighted by atomic mass is 10.1. The van der Waals surface area contributed by atoms with Crippen molar-refractivity contribution in [2.24, 2.45) is 0 Å². The number of aryl methyl sites for hydroxylation is 1. The molecule has 3 nitrogen and oxygen atoms in total. The molecule has 1 N–H and O–H groups in total. The number of thiophene rings is 1. The fourth-order valence-corrected chi connectivity index (χ4v) is 4.60.